The van der Waals surface area contributed by atoms with Gasteiger partial charge in [0.1, 0.15) is 17.9 Å². The highest BCUT2D eigenvalue weighted by Gasteiger charge is 2.36. The Morgan fingerprint density at radius 1 is 1.00 bits per heavy atom. The fraction of sp³-hybridized carbons (Fsp3) is 0.0400. The van der Waals surface area contributed by atoms with E-state index < -0.39 is 23.8 Å². The van der Waals surface area contributed by atoms with Gasteiger partial charge in [-0.05, 0) is 54.1 Å². The van der Waals surface area contributed by atoms with Gasteiger partial charge in [0.15, 0.2) is 0 Å². The van der Waals surface area contributed by atoms with Crippen LogP contribution in [0.4, 0.5) is 10.5 Å². The molecule has 0 aliphatic carbocycles. The number of halogens is 1. The molecule has 0 spiro atoms. The minimum absolute atomic E-state index is 0.104. The molecule has 4 amide bonds. The number of anilines is 1. The van der Waals surface area contributed by atoms with Crippen molar-refractivity contribution in [3.8, 4) is 5.75 Å². The Kier molecular flexibility index (Phi) is 6.42. The number of nitrogens with zero attached hydrogens (tertiary/aromatic N) is 1. The number of benzene rings is 3. The molecule has 8 nitrogen and oxygen atoms in total. The van der Waals surface area contributed by atoms with Crippen LogP contribution in [0.25, 0.3) is 6.08 Å². The number of rotatable bonds is 6. The number of nitrogens with one attached hydrogen (secondary N) is 1. The first kappa shape index (κ1) is 22.8. The highest BCUT2D eigenvalue weighted by molar-refractivity contribution is 6.39. The van der Waals surface area contributed by atoms with Crippen LogP contribution in [-0.2, 0) is 16.2 Å². The Morgan fingerprint density at radius 2 is 1.71 bits per heavy atom. The lowest BCUT2D eigenvalue weighted by molar-refractivity contribution is -0.122. The van der Waals surface area contributed by atoms with Crippen LogP contribution < -0.4 is 15.0 Å². The average molecular weight is 477 g/mol. The summed E-state index contributed by atoms with van der Waals surface area (Å²) in [6, 6.07) is 18.3. The number of carbonyl (C=O) groups excluding carboxylic acids is 3. The number of carboxylic acids is 1. The summed E-state index contributed by atoms with van der Waals surface area (Å²) in [6.45, 7) is 0.104. The van der Waals surface area contributed by atoms with E-state index in [1.807, 2.05) is 0 Å². The van der Waals surface area contributed by atoms with E-state index in [1.54, 1.807) is 54.6 Å². The van der Waals surface area contributed by atoms with Crippen molar-refractivity contribution in [2.24, 2.45) is 0 Å². The zero-order valence-corrected chi connectivity index (χ0v) is 18.3. The first-order valence-corrected chi connectivity index (χ1v) is 10.4. The lowest BCUT2D eigenvalue weighted by atomic mass is 10.1. The van der Waals surface area contributed by atoms with E-state index in [0.717, 1.165) is 4.90 Å². The van der Waals surface area contributed by atoms with Gasteiger partial charge in [-0.15, -0.1) is 0 Å². The Balaban J connectivity index is 1.63. The van der Waals surface area contributed by atoms with Crippen LogP contribution in [0.15, 0.2) is 78.4 Å². The quantitative estimate of drug-likeness (QED) is 0.405. The van der Waals surface area contributed by atoms with Crippen LogP contribution in [0.1, 0.15) is 21.5 Å². The first-order chi connectivity index (χ1) is 16.3. The van der Waals surface area contributed by atoms with E-state index in [2.05, 4.69) is 5.32 Å². The molecule has 0 unspecified atom stereocenters. The summed E-state index contributed by atoms with van der Waals surface area (Å²) in [6.07, 6.45) is 1.31. The SMILES string of the molecule is O=C1NC(=O)N(c2ccccc2)C(=O)/C1=C/c1cc(Cl)ccc1OCc1ccc(C(=O)O)cc1. The van der Waals surface area contributed by atoms with Crippen LogP contribution >= 0.6 is 11.6 Å². The molecule has 0 bridgehead atoms. The standard InChI is InChI=1S/C25H17ClN2O6/c26-18-10-11-21(34-14-15-6-8-16(9-7-15)24(31)32)17(12-18)13-20-22(29)27-25(33)28(23(20)30)19-4-2-1-3-5-19/h1-13H,14H2,(H,31,32)(H,27,29,33)/b20-13+. The number of hydrogen-bond acceptors (Lipinski definition) is 5. The van der Waals surface area contributed by atoms with Gasteiger partial charge in [0.05, 0.1) is 11.3 Å². The van der Waals surface area contributed by atoms with Gasteiger partial charge in [-0.2, -0.15) is 0 Å². The molecule has 9 heteroatoms. The van der Waals surface area contributed by atoms with E-state index in [-0.39, 0.29) is 17.7 Å². The summed E-state index contributed by atoms with van der Waals surface area (Å²) in [5.74, 6) is -2.31. The molecule has 34 heavy (non-hydrogen) atoms. The van der Waals surface area contributed by atoms with Crippen molar-refractivity contribution in [3.05, 3.63) is 100 Å². The van der Waals surface area contributed by atoms with Crippen molar-refractivity contribution >= 4 is 47.2 Å². The lowest BCUT2D eigenvalue weighted by Crippen LogP contribution is -2.54. The Morgan fingerprint density at radius 3 is 2.38 bits per heavy atom. The maximum atomic E-state index is 13.1. The molecule has 0 radical (unpaired) electrons. The van der Waals surface area contributed by atoms with Crippen molar-refractivity contribution in [3.63, 3.8) is 0 Å². The lowest BCUT2D eigenvalue weighted by Gasteiger charge is -2.26. The highest BCUT2D eigenvalue weighted by atomic mass is 35.5. The van der Waals surface area contributed by atoms with E-state index >= 15 is 0 Å². The van der Waals surface area contributed by atoms with Crippen LogP contribution in [0.2, 0.25) is 5.02 Å². The Bertz CT molecular complexity index is 1320. The molecule has 4 rings (SSSR count). The number of aromatic carboxylic acids is 1. The number of carbonyl (C=O) groups is 4. The van der Waals surface area contributed by atoms with E-state index in [1.165, 1.54) is 24.3 Å². The van der Waals surface area contributed by atoms with E-state index in [0.29, 0.717) is 27.6 Å². The third-order valence-electron chi connectivity index (χ3n) is 4.98. The van der Waals surface area contributed by atoms with Gasteiger partial charge in [-0.1, -0.05) is 41.9 Å². The summed E-state index contributed by atoms with van der Waals surface area (Å²) in [5, 5.41) is 11.5. The van der Waals surface area contributed by atoms with Crippen molar-refractivity contribution in [1.82, 2.24) is 5.32 Å². The van der Waals surface area contributed by atoms with Gasteiger partial charge in [0, 0.05) is 10.6 Å². The number of imide groups is 2. The van der Waals surface area contributed by atoms with Gasteiger partial charge in [0.25, 0.3) is 11.8 Å². The second-order valence-electron chi connectivity index (χ2n) is 7.27. The molecule has 0 aromatic heterocycles. The average Bonchev–Trinajstić information content (AvgIpc) is 2.82. The predicted molar refractivity (Wildman–Crippen MR) is 125 cm³/mol. The van der Waals surface area contributed by atoms with Crippen molar-refractivity contribution < 1.29 is 29.0 Å². The number of carboxylic acid groups (broad SMARTS) is 1. The van der Waals surface area contributed by atoms with Crippen molar-refractivity contribution in [2.75, 3.05) is 4.90 Å². The summed E-state index contributed by atoms with van der Waals surface area (Å²) in [5.41, 5.74) is 1.28. The molecule has 1 heterocycles. The smallest absolute Gasteiger partial charge is 0.335 e. The molecule has 1 fully saturated rings. The molecular formula is C25H17ClN2O6. The molecule has 0 atom stereocenters. The summed E-state index contributed by atoms with van der Waals surface area (Å²) in [4.78, 5) is 49.8. The van der Waals surface area contributed by atoms with Crippen LogP contribution in [0.3, 0.4) is 0 Å². The third-order valence-corrected chi connectivity index (χ3v) is 5.22. The second-order valence-corrected chi connectivity index (χ2v) is 7.70. The summed E-state index contributed by atoms with van der Waals surface area (Å²) >= 11 is 6.13. The minimum Gasteiger partial charge on any atom is -0.488 e. The fourth-order valence-corrected chi connectivity index (χ4v) is 3.47. The molecule has 3 aromatic rings. The zero-order valence-electron chi connectivity index (χ0n) is 17.5. The molecule has 1 aliphatic heterocycles. The molecule has 1 aliphatic rings. The van der Waals surface area contributed by atoms with Crippen LogP contribution in [0.5, 0.6) is 5.75 Å². The number of barbiturate groups is 1. The van der Waals surface area contributed by atoms with Gasteiger partial charge < -0.3 is 9.84 Å². The highest BCUT2D eigenvalue weighted by Crippen LogP contribution is 2.28. The molecule has 2 N–H and O–H groups in total. The predicted octanol–water partition coefficient (Wildman–Crippen LogP) is 4.28. The number of para-hydroxylation sites is 1. The Labute approximate surface area is 199 Å². The van der Waals surface area contributed by atoms with Crippen LogP contribution in [0, 0.1) is 0 Å². The number of ether oxygens (including phenoxy) is 1. The number of urea groups is 1. The normalized spacial score (nSPS) is 14.8. The van der Waals surface area contributed by atoms with E-state index in [9.17, 15) is 19.2 Å². The number of hydrogen-bond donors (Lipinski definition) is 2. The van der Waals surface area contributed by atoms with E-state index in [4.69, 9.17) is 21.4 Å². The van der Waals surface area contributed by atoms with Gasteiger partial charge >= 0.3 is 12.0 Å². The summed E-state index contributed by atoms with van der Waals surface area (Å²) in [7, 11) is 0. The molecule has 0 saturated carbocycles. The maximum absolute atomic E-state index is 13.1. The van der Waals surface area contributed by atoms with Gasteiger partial charge in [0.2, 0.25) is 0 Å². The molecular weight excluding hydrogens is 460 g/mol. The largest absolute Gasteiger partial charge is 0.488 e. The zero-order chi connectivity index (χ0) is 24.2. The minimum atomic E-state index is -1.03. The second kappa shape index (κ2) is 9.60. The van der Waals surface area contributed by atoms with Crippen molar-refractivity contribution in [2.45, 2.75) is 6.61 Å². The first-order valence-electron chi connectivity index (χ1n) is 10.0. The van der Waals surface area contributed by atoms with Crippen LogP contribution in [-0.4, -0.2) is 28.9 Å². The monoisotopic (exact) mass is 476 g/mol. The third kappa shape index (κ3) is 4.82. The topological polar surface area (TPSA) is 113 Å². The molecule has 3 aromatic carbocycles. The van der Waals surface area contributed by atoms with Gasteiger partial charge in [-0.3, -0.25) is 14.9 Å². The van der Waals surface area contributed by atoms with Crippen molar-refractivity contribution in [1.29, 1.82) is 0 Å². The number of amides is 4. The fourth-order valence-electron chi connectivity index (χ4n) is 3.29. The maximum Gasteiger partial charge on any atom is 0.335 e. The Hall–Kier alpha value is -4.43. The molecule has 1 saturated heterocycles. The van der Waals surface area contributed by atoms with Gasteiger partial charge in [-0.25, -0.2) is 14.5 Å². The molecule has 170 valence electrons. The summed E-state index contributed by atoms with van der Waals surface area (Å²) < 4.78 is 5.85.